The number of aliphatic hydroxyl groups is 1. The fraction of sp³-hybridized carbons (Fsp3) is 0.355. The number of hydrazine groups is 1. The second-order valence-electron chi connectivity index (χ2n) is 9.86. The molecule has 4 rings (SSSR count). The summed E-state index contributed by atoms with van der Waals surface area (Å²) in [5.74, 6) is 1.47. The molecule has 0 saturated carbocycles. The largest absolute Gasteiger partial charge is 0.497 e. The monoisotopic (exact) mass is 572 g/mol. The van der Waals surface area contributed by atoms with E-state index in [9.17, 15) is 4.79 Å². The first-order valence-corrected chi connectivity index (χ1v) is 13.8. The van der Waals surface area contributed by atoms with Gasteiger partial charge in [0.25, 0.3) is 5.91 Å². The molecule has 1 amide bonds. The number of benzene rings is 3. The van der Waals surface area contributed by atoms with Crippen LogP contribution in [0.5, 0.6) is 11.5 Å². The first kappa shape index (κ1) is 30.4. The van der Waals surface area contributed by atoms with Gasteiger partial charge in [-0.15, -0.1) is 0 Å². The molecule has 0 unspecified atom stereocenters. The minimum Gasteiger partial charge on any atom is -0.497 e. The van der Waals surface area contributed by atoms with Crippen molar-refractivity contribution in [3.8, 4) is 11.5 Å². The summed E-state index contributed by atoms with van der Waals surface area (Å²) in [6, 6.07) is 22.6. The molecule has 2 atom stereocenters. The Bertz CT molecular complexity index is 1410. The number of nitrogens with zero attached hydrogens (tertiary/aromatic N) is 4. The SMILES string of the molecule is COc1ccc(CCNNC(=O)[C@@]2(Cc3ccccc3CN=[N+]=[N-])N=C(c3ccc(OCCCO)cc3)O[C@H]2C)cc1. The lowest BCUT2D eigenvalue weighted by molar-refractivity contribution is -0.129. The van der Waals surface area contributed by atoms with Crippen LogP contribution in [0.2, 0.25) is 0 Å². The van der Waals surface area contributed by atoms with Crippen LogP contribution in [0.4, 0.5) is 0 Å². The third-order valence-electron chi connectivity index (χ3n) is 7.11. The van der Waals surface area contributed by atoms with E-state index in [1.165, 1.54) is 0 Å². The Balaban J connectivity index is 1.55. The highest BCUT2D eigenvalue weighted by atomic mass is 16.5. The van der Waals surface area contributed by atoms with Crippen LogP contribution in [0.3, 0.4) is 0 Å². The van der Waals surface area contributed by atoms with E-state index in [-0.39, 0.29) is 25.5 Å². The molecule has 0 aromatic heterocycles. The van der Waals surface area contributed by atoms with Crippen molar-refractivity contribution in [2.45, 2.75) is 44.4 Å². The van der Waals surface area contributed by atoms with Gasteiger partial charge in [0.15, 0.2) is 5.54 Å². The lowest BCUT2D eigenvalue weighted by Gasteiger charge is -2.29. The van der Waals surface area contributed by atoms with E-state index in [4.69, 9.17) is 29.8 Å². The highest BCUT2D eigenvalue weighted by Gasteiger charge is 2.50. The highest BCUT2D eigenvalue weighted by molar-refractivity contribution is 6.00. The zero-order chi connectivity index (χ0) is 29.8. The van der Waals surface area contributed by atoms with Crippen LogP contribution in [-0.2, 0) is 28.9 Å². The van der Waals surface area contributed by atoms with Crippen LogP contribution in [0.15, 0.2) is 82.9 Å². The van der Waals surface area contributed by atoms with Gasteiger partial charge in [-0.1, -0.05) is 41.5 Å². The molecule has 0 fully saturated rings. The molecule has 42 heavy (non-hydrogen) atoms. The summed E-state index contributed by atoms with van der Waals surface area (Å²) in [5.41, 5.74) is 17.0. The summed E-state index contributed by atoms with van der Waals surface area (Å²) >= 11 is 0. The maximum Gasteiger partial charge on any atom is 0.266 e. The van der Waals surface area contributed by atoms with Gasteiger partial charge in [-0.25, -0.2) is 10.4 Å². The third kappa shape index (κ3) is 7.58. The Hall–Kier alpha value is -4.57. The number of aliphatic hydroxyl groups excluding tert-OH is 1. The minimum atomic E-state index is -1.29. The lowest BCUT2D eigenvalue weighted by Crippen LogP contribution is -2.56. The normalized spacial score (nSPS) is 17.5. The molecule has 3 aromatic rings. The average molecular weight is 573 g/mol. The highest BCUT2D eigenvalue weighted by Crippen LogP contribution is 2.33. The lowest BCUT2D eigenvalue weighted by atomic mass is 9.84. The summed E-state index contributed by atoms with van der Waals surface area (Å²) in [6.07, 6.45) is 0.883. The first-order valence-electron chi connectivity index (χ1n) is 13.8. The molecule has 0 saturated heterocycles. The summed E-state index contributed by atoms with van der Waals surface area (Å²) in [7, 11) is 1.63. The van der Waals surface area contributed by atoms with Crippen LogP contribution in [0.1, 0.15) is 35.6 Å². The maximum absolute atomic E-state index is 13.9. The van der Waals surface area contributed by atoms with Crippen LogP contribution in [0, 0.1) is 0 Å². The van der Waals surface area contributed by atoms with Crippen LogP contribution in [0.25, 0.3) is 10.4 Å². The van der Waals surface area contributed by atoms with Crippen LogP contribution in [-0.4, -0.2) is 55.4 Å². The molecule has 1 aliphatic rings. The average Bonchev–Trinajstić information content (AvgIpc) is 3.36. The van der Waals surface area contributed by atoms with Gasteiger partial charge in [-0.2, -0.15) is 0 Å². The van der Waals surface area contributed by atoms with Crippen molar-refractivity contribution in [1.82, 2.24) is 10.9 Å². The number of nitrogens with one attached hydrogen (secondary N) is 2. The molecule has 1 heterocycles. The zero-order valence-electron chi connectivity index (χ0n) is 23.8. The van der Waals surface area contributed by atoms with Gasteiger partial charge in [-0.05, 0) is 72.0 Å². The number of ether oxygens (including phenoxy) is 3. The molecule has 1 aliphatic heterocycles. The molecule has 0 spiro atoms. The number of azide groups is 1. The van der Waals surface area contributed by atoms with E-state index >= 15 is 0 Å². The fourth-order valence-electron chi connectivity index (χ4n) is 4.68. The molecule has 3 N–H and O–H groups in total. The van der Waals surface area contributed by atoms with E-state index < -0.39 is 11.6 Å². The molecular weight excluding hydrogens is 536 g/mol. The van der Waals surface area contributed by atoms with Crippen molar-refractivity contribution in [2.24, 2.45) is 10.1 Å². The van der Waals surface area contributed by atoms with Crippen molar-refractivity contribution >= 4 is 11.8 Å². The Kier molecular flexibility index (Phi) is 10.8. The molecular formula is C31H36N6O5. The number of methoxy groups -OCH3 is 1. The number of amides is 1. The molecule has 0 radical (unpaired) electrons. The minimum absolute atomic E-state index is 0.0626. The molecule has 3 aromatic carbocycles. The smallest absolute Gasteiger partial charge is 0.266 e. The zero-order valence-corrected chi connectivity index (χ0v) is 23.8. The Morgan fingerprint density at radius 3 is 2.50 bits per heavy atom. The van der Waals surface area contributed by atoms with E-state index in [1.54, 1.807) is 19.2 Å². The van der Waals surface area contributed by atoms with Crippen molar-refractivity contribution in [1.29, 1.82) is 0 Å². The molecule has 220 valence electrons. The van der Waals surface area contributed by atoms with Crippen molar-refractivity contribution in [3.63, 3.8) is 0 Å². The number of aliphatic imine (C=N–C) groups is 1. The van der Waals surface area contributed by atoms with Gasteiger partial charge < -0.3 is 19.3 Å². The van der Waals surface area contributed by atoms with Gasteiger partial charge in [0.05, 0.1) is 20.3 Å². The summed E-state index contributed by atoms with van der Waals surface area (Å²) in [6.45, 7) is 2.97. The number of hydrogen-bond donors (Lipinski definition) is 3. The Labute approximate surface area is 245 Å². The number of carbonyl (C=O) groups excluding carboxylic acids is 1. The van der Waals surface area contributed by atoms with Crippen molar-refractivity contribution in [3.05, 3.63) is 105 Å². The van der Waals surface area contributed by atoms with E-state index in [1.807, 2.05) is 67.6 Å². The van der Waals surface area contributed by atoms with E-state index in [0.29, 0.717) is 43.2 Å². The summed E-state index contributed by atoms with van der Waals surface area (Å²) < 4.78 is 17.1. The number of hydrogen-bond acceptors (Lipinski definition) is 8. The molecule has 11 nitrogen and oxygen atoms in total. The standard InChI is InChI=1S/C31H36N6O5/c1-22-31(20-25-6-3-4-7-26(25)21-34-37-32,30(39)36-33-17-16-23-8-12-27(40-2)13-9-23)35-29(42-22)24-10-14-28(15-11-24)41-19-5-18-38/h3-4,6-15,22,33,38H,5,16-21H2,1-2H3,(H,36,39)/t22-,31-/m0/s1. The molecule has 11 heteroatoms. The van der Waals surface area contributed by atoms with Gasteiger partial charge in [0, 0.05) is 36.5 Å². The first-order chi connectivity index (χ1) is 20.5. The van der Waals surface area contributed by atoms with E-state index in [0.717, 1.165) is 22.4 Å². The van der Waals surface area contributed by atoms with E-state index in [2.05, 4.69) is 20.9 Å². The summed E-state index contributed by atoms with van der Waals surface area (Å²) in [4.78, 5) is 21.7. The topological polar surface area (TPSA) is 150 Å². The third-order valence-corrected chi connectivity index (χ3v) is 7.11. The Morgan fingerprint density at radius 1 is 1.10 bits per heavy atom. The van der Waals surface area contributed by atoms with Crippen LogP contribution < -0.4 is 20.3 Å². The Morgan fingerprint density at radius 2 is 1.81 bits per heavy atom. The van der Waals surface area contributed by atoms with Crippen molar-refractivity contribution in [2.75, 3.05) is 26.9 Å². The maximum atomic E-state index is 13.9. The van der Waals surface area contributed by atoms with Gasteiger partial charge in [0.1, 0.15) is 17.6 Å². The predicted molar refractivity (Wildman–Crippen MR) is 159 cm³/mol. The van der Waals surface area contributed by atoms with Gasteiger partial charge in [-0.3, -0.25) is 10.2 Å². The second kappa shape index (κ2) is 14.9. The van der Waals surface area contributed by atoms with Crippen LogP contribution >= 0.6 is 0 Å². The predicted octanol–water partition coefficient (Wildman–Crippen LogP) is 4.28. The molecule has 0 bridgehead atoms. The summed E-state index contributed by atoms with van der Waals surface area (Å²) in [5, 5.41) is 12.7. The molecule has 0 aliphatic carbocycles. The number of carbonyl (C=O) groups is 1. The quantitative estimate of drug-likeness (QED) is 0.0813. The number of rotatable bonds is 15. The van der Waals surface area contributed by atoms with Crippen molar-refractivity contribution < 1.29 is 24.1 Å². The van der Waals surface area contributed by atoms with Gasteiger partial charge >= 0.3 is 0 Å². The van der Waals surface area contributed by atoms with Gasteiger partial charge in [0.2, 0.25) is 5.90 Å². The fourth-order valence-corrected chi connectivity index (χ4v) is 4.68. The second-order valence-corrected chi connectivity index (χ2v) is 9.86.